The number of hydrogen-bond donors (Lipinski definition) is 1. The van der Waals surface area contributed by atoms with Gasteiger partial charge in [-0.2, -0.15) is 5.26 Å². The van der Waals surface area contributed by atoms with Gasteiger partial charge in [0.15, 0.2) is 0 Å². The molecule has 74 valence electrons. The molecule has 1 rings (SSSR count). The highest BCUT2D eigenvalue weighted by atomic mass is 14.9. The van der Waals surface area contributed by atoms with Gasteiger partial charge in [0, 0.05) is 12.2 Å². The summed E-state index contributed by atoms with van der Waals surface area (Å²) in [7, 11) is 0. The number of rotatable bonds is 3. The Morgan fingerprint density at radius 2 is 1.86 bits per heavy atom. The quantitative estimate of drug-likeness (QED) is 0.791. The molecular weight excluding hydrogens is 172 g/mol. The molecule has 0 aliphatic rings. The Hall–Kier alpha value is -1.49. The van der Waals surface area contributed by atoms with E-state index in [1.807, 2.05) is 26.0 Å². The van der Waals surface area contributed by atoms with E-state index < -0.39 is 0 Å². The van der Waals surface area contributed by atoms with E-state index in [0.717, 1.165) is 5.69 Å². The Morgan fingerprint density at radius 1 is 1.29 bits per heavy atom. The van der Waals surface area contributed by atoms with Gasteiger partial charge in [0.2, 0.25) is 0 Å². The fourth-order valence-corrected chi connectivity index (χ4v) is 1.03. The normalized spacial score (nSPS) is 10.7. The van der Waals surface area contributed by atoms with Crippen LogP contribution in [0.15, 0.2) is 24.3 Å². The van der Waals surface area contributed by atoms with Gasteiger partial charge < -0.3 is 5.32 Å². The second kappa shape index (κ2) is 4.15. The Bertz CT molecular complexity index is 330. The maximum atomic E-state index is 8.83. The number of nitriles is 1. The van der Waals surface area contributed by atoms with Crippen LogP contribution in [-0.2, 0) is 0 Å². The number of aryl methyl sites for hydroxylation is 1. The first-order valence-electron chi connectivity index (χ1n) is 4.75. The summed E-state index contributed by atoms with van der Waals surface area (Å²) in [5.74, 6) is 0. The third kappa shape index (κ3) is 3.10. The number of nitrogens with one attached hydrogen (secondary N) is 1. The second-order valence-electron chi connectivity index (χ2n) is 4.22. The Kier molecular flexibility index (Phi) is 3.14. The SMILES string of the molecule is Cc1ccc(NCC(C)(C)C#N)cc1. The van der Waals surface area contributed by atoms with Gasteiger partial charge in [0.1, 0.15) is 0 Å². The van der Waals surface area contributed by atoms with Crippen molar-refractivity contribution in [2.75, 3.05) is 11.9 Å². The zero-order valence-corrected chi connectivity index (χ0v) is 8.96. The van der Waals surface area contributed by atoms with E-state index in [9.17, 15) is 0 Å². The summed E-state index contributed by atoms with van der Waals surface area (Å²) in [5, 5.41) is 12.1. The molecule has 0 saturated carbocycles. The molecule has 0 bridgehead atoms. The lowest BCUT2D eigenvalue weighted by atomic mass is 9.96. The molecule has 0 aliphatic heterocycles. The zero-order valence-electron chi connectivity index (χ0n) is 8.96. The number of anilines is 1. The van der Waals surface area contributed by atoms with Gasteiger partial charge in [0.05, 0.1) is 11.5 Å². The molecule has 0 aromatic heterocycles. The molecule has 0 unspecified atom stereocenters. The molecule has 14 heavy (non-hydrogen) atoms. The van der Waals surface area contributed by atoms with Crippen LogP contribution in [0.3, 0.4) is 0 Å². The third-order valence-electron chi connectivity index (χ3n) is 2.09. The van der Waals surface area contributed by atoms with Gasteiger partial charge in [-0.3, -0.25) is 0 Å². The van der Waals surface area contributed by atoms with Crippen molar-refractivity contribution in [1.29, 1.82) is 5.26 Å². The predicted octanol–water partition coefficient (Wildman–Crippen LogP) is 2.96. The first-order valence-corrected chi connectivity index (χ1v) is 4.75. The smallest absolute Gasteiger partial charge is 0.0702 e. The minimum Gasteiger partial charge on any atom is -0.383 e. The van der Waals surface area contributed by atoms with Crippen molar-refractivity contribution in [2.45, 2.75) is 20.8 Å². The van der Waals surface area contributed by atoms with Crippen molar-refractivity contribution in [3.63, 3.8) is 0 Å². The molecule has 1 aromatic carbocycles. The summed E-state index contributed by atoms with van der Waals surface area (Å²) in [5.41, 5.74) is 2.00. The number of benzene rings is 1. The van der Waals surface area contributed by atoms with Crippen molar-refractivity contribution in [3.8, 4) is 6.07 Å². The van der Waals surface area contributed by atoms with Gasteiger partial charge >= 0.3 is 0 Å². The highest BCUT2D eigenvalue weighted by Gasteiger charge is 2.15. The Morgan fingerprint density at radius 3 is 2.36 bits per heavy atom. The average Bonchev–Trinajstić information content (AvgIpc) is 2.17. The summed E-state index contributed by atoms with van der Waals surface area (Å²) < 4.78 is 0. The fourth-order valence-electron chi connectivity index (χ4n) is 1.03. The van der Waals surface area contributed by atoms with Crippen LogP contribution in [0.2, 0.25) is 0 Å². The summed E-state index contributed by atoms with van der Waals surface area (Å²) in [6, 6.07) is 10.4. The van der Waals surface area contributed by atoms with Gasteiger partial charge in [-0.05, 0) is 32.9 Å². The number of hydrogen-bond acceptors (Lipinski definition) is 2. The monoisotopic (exact) mass is 188 g/mol. The molecule has 0 radical (unpaired) electrons. The molecule has 0 saturated heterocycles. The predicted molar refractivity (Wildman–Crippen MR) is 59.1 cm³/mol. The maximum Gasteiger partial charge on any atom is 0.0702 e. The second-order valence-corrected chi connectivity index (χ2v) is 4.22. The summed E-state index contributed by atoms with van der Waals surface area (Å²) in [6.45, 7) is 6.58. The van der Waals surface area contributed by atoms with E-state index in [4.69, 9.17) is 5.26 Å². The van der Waals surface area contributed by atoms with E-state index in [1.54, 1.807) is 0 Å². The van der Waals surface area contributed by atoms with E-state index in [2.05, 4.69) is 30.4 Å². The molecule has 0 amide bonds. The fraction of sp³-hybridized carbons (Fsp3) is 0.417. The number of nitrogens with zero attached hydrogens (tertiary/aromatic N) is 1. The van der Waals surface area contributed by atoms with E-state index in [-0.39, 0.29) is 5.41 Å². The van der Waals surface area contributed by atoms with Crippen molar-refractivity contribution in [2.24, 2.45) is 5.41 Å². The molecule has 0 aliphatic carbocycles. The van der Waals surface area contributed by atoms with E-state index in [0.29, 0.717) is 6.54 Å². The highest BCUT2D eigenvalue weighted by molar-refractivity contribution is 5.44. The molecular formula is C12H16N2. The van der Waals surface area contributed by atoms with Crippen LogP contribution in [0.25, 0.3) is 0 Å². The van der Waals surface area contributed by atoms with Gasteiger partial charge in [-0.15, -0.1) is 0 Å². The Balaban J connectivity index is 2.55. The van der Waals surface area contributed by atoms with Crippen molar-refractivity contribution in [1.82, 2.24) is 0 Å². The zero-order chi connectivity index (χ0) is 10.6. The van der Waals surface area contributed by atoms with Crippen molar-refractivity contribution in [3.05, 3.63) is 29.8 Å². The third-order valence-corrected chi connectivity index (χ3v) is 2.09. The van der Waals surface area contributed by atoms with Crippen LogP contribution in [0.5, 0.6) is 0 Å². The standard InChI is InChI=1S/C12H16N2/c1-10-4-6-11(7-5-10)14-9-12(2,3)8-13/h4-7,14H,9H2,1-3H3. The van der Waals surface area contributed by atoms with E-state index >= 15 is 0 Å². The van der Waals surface area contributed by atoms with Crippen LogP contribution in [-0.4, -0.2) is 6.54 Å². The molecule has 0 spiro atoms. The van der Waals surface area contributed by atoms with Crippen LogP contribution < -0.4 is 5.32 Å². The molecule has 0 fully saturated rings. The maximum absolute atomic E-state index is 8.83. The summed E-state index contributed by atoms with van der Waals surface area (Å²) in [6.07, 6.45) is 0. The summed E-state index contributed by atoms with van der Waals surface area (Å²) in [4.78, 5) is 0. The minimum atomic E-state index is -0.315. The van der Waals surface area contributed by atoms with Crippen LogP contribution in [0, 0.1) is 23.7 Å². The van der Waals surface area contributed by atoms with Crippen molar-refractivity contribution >= 4 is 5.69 Å². The summed E-state index contributed by atoms with van der Waals surface area (Å²) >= 11 is 0. The Labute approximate surface area is 85.6 Å². The van der Waals surface area contributed by atoms with E-state index in [1.165, 1.54) is 5.56 Å². The lowest BCUT2D eigenvalue weighted by molar-refractivity contribution is 0.529. The topological polar surface area (TPSA) is 35.8 Å². The van der Waals surface area contributed by atoms with Crippen LogP contribution >= 0.6 is 0 Å². The molecule has 1 N–H and O–H groups in total. The lowest BCUT2D eigenvalue weighted by Gasteiger charge is -2.16. The van der Waals surface area contributed by atoms with Gasteiger partial charge in [-0.25, -0.2) is 0 Å². The van der Waals surface area contributed by atoms with Gasteiger partial charge in [-0.1, -0.05) is 17.7 Å². The first kappa shape index (κ1) is 10.6. The van der Waals surface area contributed by atoms with Gasteiger partial charge in [0.25, 0.3) is 0 Å². The highest BCUT2D eigenvalue weighted by Crippen LogP contribution is 2.15. The van der Waals surface area contributed by atoms with Crippen LogP contribution in [0.4, 0.5) is 5.69 Å². The molecule has 2 nitrogen and oxygen atoms in total. The molecule has 2 heteroatoms. The van der Waals surface area contributed by atoms with Crippen molar-refractivity contribution < 1.29 is 0 Å². The lowest BCUT2D eigenvalue weighted by Crippen LogP contribution is -2.20. The average molecular weight is 188 g/mol. The van der Waals surface area contributed by atoms with Crippen LogP contribution in [0.1, 0.15) is 19.4 Å². The largest absolute Gasteiger partial charge is 0.383 e. The molecule has 1 aromatic rings. The minimum absolute atomic E-state index is 0.315. The molecule has 0 heterocycles. The molecule has 0 atom stereocenters. The first-order chi connectivity index (χ1) is 6.53.